The number of anilines is 1. The smallest absolute Gasteiger partial charge is 0.267 e. The number of carbonyl (C=O) groups is 2. The van der Waals surface area contributed by atoms with Gasteiger partial charge in [-0.3, -0.25) is 14.9 Å². The summed E-state index contributed by atoms with van der Waals surface area (Å²) in [7, 11) is 0. The summed E-state index contributed by atoms with van der Waals surface area (Å²) in [5, 5.41) is 6.34. The van der Waals surface area contributed by atoms with Crippen molar-refractivity contribution >= 4 is 17.8 Å². The standard InChI is InChI=1S/C12H9FN4O2/c1-6-14-12-15-10(18)9(11(19)17(12)16-6)7-4-2-3-5-8(7)13/h2-5,9H,1H3,(H,14,15,16,18). The van der Waals surface area contributed by atoms with Gasteiger partial charge in [0.25, 0.3) is 5.91 Å². The maximum atomic E-state index is 13.7. The molecule has 1 aliphatic heterocycles. The van der Waals surface area contributed by atoms with E-state index in [9.17, 15) is 14.0 Å². The Morgan fingerprint density at radius 1 is 1.32 bits per heavy atom. The van der Waals surface area contributed by atoms with Crippen LogP contribution in [0.3, 0.4) is 0 Å². The van der Waals surface area contributed by atoms with Crippen LogP contribution in [0.5, 0.6) is 0 Å². The predicted octanol–water partition coefficient (Wildman–Crippen LogP) is 1.10. The molecule has 0 saturated heterocycles. The van der Waals surface area contributed by atoms with E-state index < -0.39 is 23.5 Å². The molecule has 3 rings (SSSR count). The predicted molar refractivity (Wildman–Crippen MR) is 63.2 cm³/mol. The van der Waals surface area contributed by atoms with Crippen molar-refractivity contribution in [3.8, 4) is 0 Å². The van der Waals surface area contributed by atoms with Crippen LogP contribution >= 0.6 is 0 Å². The molecule has 6 nitrogen and oxygen atoms in total. The minimum Gasteiger partial charge on any atom is -0.293 e. The van der Waals surface area contributed by atoms with E-state index in [0.29, 0.717) is 5.82 Å². The lowest BCUT2D eigenvalue weighted by Gasteiger charge is -2.21. The maximum Gasteiger partial charge on any atom is 0.267 e. The zero-order valence-corrected chi connectivity index (χ0v) is 9.92. The van der Waals surface area contributed by atoms with Crippen molar-refractivity contribution < 1.29 is 14.0 Å². The normalized spacial score (nSPS) is 18.1. The highest BCUT2D eigenvalue weighted by Gasteiger charge is 2.38. The second-order valence-corrected chi connectivity index (χ2v) is 4.18. The molecular weight excluding hydrogens is 251 g/mol. The highest BCUT2D eigenvalue weighted by atomic mass is 19.1. The second-order valence-electron chi connectivity index (χ2n) is 4.18. The molecule has 0 radical (unpaired) electrons. The van der Waals surface area contributed by atoms with Gasteiger partial charge >= 0.3 is 0 Å². The van der Waals surface area contributed by atoms with Crippen molar-refractivity contribution in [2.24, 2.45) is 0 Å². The molecule has 0 fully saturated rings. The lowest BCUT2D eigenvalue weighted by Crippen LogP contribution is -2.38. The van der Waals surface area contributed by atoms with Gasteiger partial charge in [0, 0.05) is 5.56 Å². The number of aromatic nitrogens is 3. The Labute approximate surface area is 107 Å². The molecule has 1 unspecified atom stereocenters. The van der Waals surface area contributed by atoms with E-state index in [1.54, 1.807) is 13.0 Å². The molecule has 1 atom stereocenters. The number of halogens is 1. The molecule has 0 spiro atoms. The number of amides is 1. The number of aryl methyl sites for hydroxylation is 1. The lowest BCUT2D eigenvalue weighted by atomic mass is 9.96. The topological polar surface area (TPSA) is 76.9 Å². The van der Waals surface area contributed by atoms with E-state index in [4.69, 9.17) is 0 Å². The summed E-state index contributed by atoms with van der Waals surface area (Å²) in [6, 6.07) is 5.68. The first-order valence-corrected chi connectivity index (χ1v) is 5.61. The number of carbonyl (C=O) groups excluding carboxylic acids is 2. The first-order chi connectivity index (χ1) is 9.08. The molecule has 19 heavy (non-hydrogen) atoms. The van der Waals surface area contributed by atoms with E-state index in [1.165, 1.54) is 18.2 Å². The van der Waals surface area contributed by atoms with Crippen molar-refractivity contribution in [3.05, 3.63) is 41.5 Å². The van der Waals surface area contributed by atoms with Crippen LogP contribution in [0.25, 0.3) is 0 Å². The zero-order chi connectivity index (χ0) is 13.6. The van der Waals surface area contributed by atoms with E-state index in [2.05, 4.69) is 15.4 Å². The molecule has 96 valence electrons. The van der Waals surface area contributed by atoms with Gasteiger partial charge in [0.2, 0.25) is 11.9 Å². The van der Waals surface area contributed by atoms with Gasteiger partial charge in [0.1, 0.15) is 17.6 Å². The fourth-order valence-corrected chi connectivity index (χ4v) is 2.05. The molecule has 1 N–H and O–H groups in total. The van der Waals surface area contributed by atoms with Crippen LogP contribution in [-0.4, -0.2) is 26.6 Å². The molecule has 1 aromatic heterocycles. The van der Waals surface area contributed by atoms with E-state index in [-0.39, 0.29) is 11.5 Å². The monoisotopic (exact) mass is 260 g/mol. The van der Waals surface area contributed by atoms with E-state index >= 15 is 0 Å². The molecule has 1 amide bonds. The Kier molecular flexibility index (Phi) is 2.41. The molecule has 1 aliphatic rings. The summed E-state index contributed by atoms with van der Waals surface area (Å²) < 4.78 is 14.7. The van der Waals surface area contributed by atoms with Gasteiger partial charge in [0.15, 0.2) is 0 Å². The molecule has 1 aromatic carbocycles. The van der Waals surface area contributed by atoms with Crippen LogP contribution in [-0.2, 0) is 4.79 Å². The Hall–Kier alpha value is -2.57. The molecule has 2 heterocycles. The van der Waals surface area contributed by atoms with Crippen LogP contribution in [0.4, 0.5) is 10.3 Å². The number of benzene rings is 1. The lowest BCUT2D eigenvalue weighted by molar-refractivity contribution is -0.117. The third kappa shape index (κ3) is 1.70. The van der Waals surface area contributed by atoms with Crippen LogP contribution in [0.1, 0.15) is 22.1 Å². The first-order valence-electron chi connectivity index (χ1n) is 5.61. The summed E-state index contributed by atoms with van der Waals surface area (Å²) in [5.41, 5.74) is 0.0313. The molecule has 2 aromatic rings. The molecule has 7 heteroatoms. The van der Waals surface area contributed by atoms with E-state index in [0.717, 1.165) is 4.68 Å². The minimum atomic E-state index is -1.24. The molecule has 0 saturated carbocycles. The van der Waals surface area contributed by atoms with Gasteiger partial charge in [-0.25, -0.2) is 4.39 Å². The summed E-state index contributed by atoms with van der Waals surface area (Å²) in [6.45, 7) is 1.60. The largest absolute Gasteiger partial charge is 0.293 e. The Balaban J connectivity index is 2.12. The fraction of sp³-hybridized carbons (Fsp3) is 0.167. The number of hydrogen-bond donors (Lipinski definition) is 1. The number of hydrogen-bond acceptors (Lipinski definition) is 4. The van der Waals surface area contributed by atoms with Crippen molar-refractivity contribution in [3.63, 3.8) is 0 Å². The second kappa shape index (κ2) is 3.98. The van der Waals surface area contributed by atoms with Gasteiger partial charge < -0.3 is 0 Å². The number of nitrogens with zero attached hydrogens (tertiary/aromatic N) is 3. The summed E-state index contributed by atoms with van der Waals surface area (Å²) in [6.07, 6.45) is 0. The Morgan fingerprint density at radius 2 is 2.05 bits per heavy atom. The van der Waals surface area contributed by atoms with Crippen molar-refractivity contribution in [1.29, 1.82) is 0 Å². The highest BCUT2D eigenvalue weighted by Crippen LogP contribution is 2.27. The summed E-state index contributed by atoms with van der Waals surface area (Å²) in [5.74, 6) is -2.62. The summed E-state index contributed by atoms with van der Waals surface area (Å²) >= 11 is 0. The maximum absolute atomic E-state index is 13.7. The SMILES string of the molecule is Cc1nc2n(n1)C(=O)C(c1ccccc1F)C(=O)N2. The van der Waals surface area contributed by atoms with Gasteiger partial charge in [-0.15, -0.1) is 5.10 Å². The first kappa shape index (κ1) is 11.5. The third-order valence-corrected chi connectivity index (χ3v) is 2.88. The fourth-order valence-electron chi connectivity index (χ4n) is 2.05. The van der Waals surface area contributed by atoms with Gasteiger partial charge in [-0.2, -0.15) is 9.67 Å². The molecular formula is C12H9FN4O2. The quantitative estimate of drug-likeness (QED) is 0.779. The minimum absolute atomic E-state index is 0.0313. The Bertz CT molecular complexity index is 695. The summed E-state index contributed by atoms with van der Waals surface area (Å²) in [4.78, 5) is 28.1. The van der Waals surface area contributed by atoms with Crippen molar-refractivity contribution in [1.82, 2.24) is 14.8 Å². The van der Waals surface area contributed by atoms with Crippen LogP contribution in [0.2, 0.25) is 0 Å². The highest BCUT2D eigenvalue weighted by molar-refractivity contribution is 6.14. The third-order valence-electron chi connectivity index (χ3n) is 2.88. The van der Waals surface area contributed by atoms with Gasteiger partial charge in [0.05, 0.1) is 0 Å². The van der Waals surface area contributed by atoms with Crippen molar-refractivity contribution in [2.75, 3.05) is 5.32 Å². The van der Waals surface area contributed by atoms with Crippen LogP contribution in [0, 0.1) is 12.7 Å². The van der Waals surface area contributed by atoms with Gasteiger partial charge in [-0.1, -0.05) is 18.2 Å². The van der Waals surface area contributed by atoms with E-state index in [1.807, 2.05) is 0 Å². The van der Waals surface area contributed by atoms with Crippen LogP contribution in [0.15, 0.2) is 24.3 Å². The number of nitrogens with one attached hydrogen (secondary N) is 1. The molecule has 0 bridgehead atoms. The molecule has 0 aliphatic carbocycles. The van der Waals surface area contributed by atoms with Crippen molar-refractivity contribution in [2.45, 2.75) is 12.8 Å². The number of rotatable bonds is 1. The number of fused-ring (bicyclic) bond motifs is 1. The average molecular weight is 260 g/mol. The zero-order valence-electron chi connectivity index (χ0n) is 9.92. The van der Waals surface area contributed by atoms with Crippen LogP contribution < -0.4 is 5.32 Å². The Morgan fingerprint density at radius 3 is 2.79 bits per heavy atom. The average Bonchev–Trinajstić information content (AvgIpc) is 2.72. The van der Waals surface area contributed by atoms with Gasteiger partial charge in [-0.05, 0) is 13.0 Å².